The summed E-state index contributed by atoms with van der Waals surface area (Å²) < 4.78 is 0. The number of halogens is 1. The Morgan fingerprint density at radius 1 is 0.900 bits per heavy atom. The first-order valence-corrected chi connectivity index (χ1v) is 6.78. The van der Waals surface area contributed by atoms with Gasteiger partial charge in [0.2, 0.25) is 5.28 Å². The van der Waals surface area contributed by atoms with Crippen molar-refractivity contribution in [2.24, 2.45) is 0 Å². The van der Waals surface area contributed by atoms with Crippen molar-refractivity contribution in [2.45, 2.75) is 13.8 Å². The number of para-hydroxylation sites is 2. The maximum Gasteiger partial charge on any atom is 0.224 e. The molecule has 3 nitrogen and oxygen atoms in total. The standard InChI is InChI=1S/C16H14ClN3/c1-10-6-5-7-11(2)14(10)19-15-12-8-3-4-9-13(12)18-16(17)20-15/h3-9H,1-2H3,(H,18,19,20). The summed E-state index contributed by atoms with van der Waals surface area (Å²) in [7, 11) is 0. The number of fused-ring (bicyclic) bond motifs is 1. The van der Waals surface area contributed by atoms with Gasteiger partial charge < -0.3 is 5.32 Å². The smallest absolute Gasteiger partial charge is 0.224 e. The summed E-state index contributed by atoms with van der Waals surface area (Å²) >= 11 is 6.01. The molecule has 0 amide bonds. The minimum atomic E-state index is 0.248. The third-order valence-corrected chi connectivity index (χ3v) is 3.47. The second-order valence-electron chi connectivity index (χ2n) is 4.75. The Morgan fingerprint density at radius 3 is 2.35 bits per heavy atom. The highest BCUT2D eigenvalue weighted by Crippen LogP contribution is 2.28. The fourth-order valence-corrected chi connectivity index (χ4v) is 2.45. The van der Waals surface area contributed by atoms with Gasteiger partial charge in [-0.1, -0.05) is 30.3 Å². The van der Waals surface area contributed by atoms with E-state index in [0.29, 0.717) is 0 Å². The maximum absolute atomic E-state index is 6.01. The van der Waals surface area contributed by atoms with Crippen LogP contribution in [0.2, 0.25) is 5.28 Å². The second-order valence-corrected chi connectivity index (χ2v) is 5.09. The van der Waals surface area contributed by atoms with Crippen LogP contribution in [0.1, 0.15) is 11.1 Å². The number of rotatable bonds is 2. The van der Waals surface area contributed by atoms with Gasteiger partial charge in [-0.05, 0) is 48.7 Å². The van der Waals surface area contributed by atoms with Crippen molar-refractivity contribution < 1.29 is 0 Å². The average molecular weight is 284 g/mol. The fraction of sp³-hybridized carbons (Fsp3) is 0.125. The van der Waals surface area contributed by atoms with Gasteiger partial charge in [-0.3, -0.25) is 0 Å². The van der Waals surface area contributed by atoms with Crippen LogP contribution in [0.4, 0.5) is 11.5 Å². The summed E-state index contributed by atoms with van der Waals surface area (Å²) in [6.45, 7) is 4.14. The second kappa shape index (κ2) is 5.10. The molecule has 0 aliphatic rings. The first-order chi connectivity index (χ1) is 9.65. The van der Waals surface area contributed by atoms with Crippen LogP contribution in [0.15, 0.2) is 42.5 Å². The molecule has 0 unspecified atom stereocenters. The highest BCUT2D eigenvalue weighted by molar-refractivity contribution is 6.28. The van der Waals surface area contributed by atoms with E-state index in [4.69, 9.17) is 11.6 Å². The van der Waals surface area contributed by atoms with Gasteiger partial charge in [-0.25, -0.2) is 4.98 Å². The van der Waals surface area contributed by atoms with E-state index in [1.165, 1.54) is 11.1 Å². The topological polar surface area (TPSA) is 37.8 Å². The molecule has 0 atom stereocenters. The number of nitrogens with one attached hydrogen (secondary N) is 1. The molecule has 1 N–H and O–H groups in total. The molecule has 2 aromatic carbocycles. The summed E-state index contributed by atoms with van der Waals surface area (Å²) in [5, 5.41) is 4.59. The fourth-order valence-electron chi connectivity index (χ4n) is 2.27. The first-order valence-electron chi connectivity index (χ1n) is 6.40. The van der Waals surface area contributed by atoms with Crippen molar-refractivity contribution >= 4 is 34.0 Å². The largest absolute Gasteiger partial charge is 0.339 e. The molecule has 0 bridgehead atoms. The van der Waals surface area contributed by atoms with Gasteiger partial charge in [0.1, 0.15) is 5.82 Å². The van der Waals surface area contributed by atoms with Gasteiger partial charge in [0.15, 0.2) is 0 Å². The van der Waals surface area contributed by atoms with Crippen LogP contribution in [0.5, 0.6) is 0 Å². The van der Waals surface area contributed by atoms with E-state index in [1.807, 2.05) is 30.3 Å². The van der Waals surface area contributed by atoms with Crippen LogP contribution in [0.3, 0.4) is 0 Å². The van der Waals surface area contributed by atoms with Crippen molar-refractivity contribution in [3.63, 3.8) is 0 Å². The molecule has 3 rings (SSSR count). The van der Waals surface area contributed by atoms with E-state index in [2.05, 4.69) is 41.3 Å². The number of aromatic nitrogens is 2. The van der Waals surface area contributed by atoms with Crippen molar-refractivity contribution in [3.8, 4) is 0 Å². The number of hydrogen-bond donors (Lipinski definition) is 1. The van der Waals surface area contributed by atoms with E-state index < -0.39 is 0 Å². The Balaban J connectivity index is 2.16. The van der Waals surface area contributed by atoms with Crippen LogP contribution in [-0.2, 0) is 0 Å². The van der Waals surface area contributed by atoms with Gasteiger partial charge in [0.25, 0.3) is 0 Å². The third-order valence-electron chi connectivity index (χ3n) is 3.30. The summed E-state index contributed by atoms with van der Waals surface area (Å²) in [6.07, 6.45) is 0. The lowest BCUT2D eigenvalue weighted by atomic mass is 10.1. The normalized spacial score (nSPS) is 10.8. The van der Waals surface area contributed by atoms with Crippen molar-refractivity contribution in [1.29, 1.82) is 0 Å². The van der Waals surface area contributed by atoms with E-state index in [0.717, 1.165) is 22.4 Å². The van der Waals surface area contributed by atoms with Gasteiger partial charge in [0, 0.05) is 11.1 Å². The van der Waals surface area contributed by atoms with Gasteiger partial charge in [-0.15, -0.1) is 0 Å². The Bertz CT molecular complexity index is 764. The van der Waals surface area contributed by atoms with E-state index in [1.54, 1.807) is 0 Å². The molecule has 0 aliphatic carbocycles. The highest BCUT2D eigenvalue weighted by atomic mass is 35.5. The van der Waals surface area contributed by atoms with Gasteiger partial charge in [-0.2, -0.15) is 4.98 Å². The van der Waals surface area contributed by atoms with Crippen LogP contribution in [0.25, 0.3) is 10.9 Å². The Labute approximate surface area is 122 Å². The molecule has 1 heterocycles. The number of nitrogens with zero attached hydrogens (tertiary/aromatic N) is 2. The van der Waals surface area contributed by atoms with Gasteiger partial charge >= 0.3 is 0 Å². The SMILES string of the molecule is Cc1cccc(C)c1Nc1nc(Cl)nc2ccccc12. The van der Waals surface area contributed by atoms with E-state index in [-0.39, 0.29) is 5.28 Å². The minimum absolute atomic E-state index is 0.248. The van der Waals surface area contributed by atoms with Crippen LogP contribution < -0.4 is 5.32 Å². The Kier molecular flexibility index (Phi) is 3.28. The molecule has 100 valence electrons. The predicted molar refractivity (Wildman–Crippen MR) is 83.7 cm³/mol. The van der Waals surface area contributed by atoms with E-state index in [9.17, 15) is 0 Å². The molecule has 3 aromatic rings. The minimum Gasteiger partial charge on any atom is -0.339 e. The zero-order valence-electron chi connectivity index (χ0n) is 11.3. The molecule has 0 fully saturated rings. The molecule has 20 heavy (non-hydrogen) atoms. The summed E-state index contributed by atoms with van der Waals surface area (Å²) in [6, 6.07) is 14.0. The lowest BCUT2D eigenvalue weighted by Gasteiger charge is -2.13. The number of anilines is 2. The number of aryl methyl sites for hydroxylation is 2. The predicted octanol–water partition coefficient (Wildman–Crippen LogP) is 4.64. The van der Waals surface area contributed by atoms with Crippen molar-refractivity contribution in [2.75, 3.05) is 5.32 Å². The van der Waals surface area contributed by atoms with Crippen LogP contribution in [-0.4, -0.2) is 9.97 Å². The van der Waals surface area contributed by atoms with Gasteiger partial charge in [0.05, 0.1) is 5.52 Å². The number of benzene rings is 2. The summed E-state index contributed by atoms with van der Waals surface area (Å²) in [5.41, 5.74) is 4.24. The Hall–Kier alpha value is -2.13. The van der Waals surface area contributed by atoms with Crippen LogP contribution >= 0.6 is 11.6 Å². The molecule has 1 aromatic heterocycles. The highest BCUT2D eigenvalue weighted by Gasteiger charge is 2.09. The lowest BCUT2D eigenvalue weighted by Crippen LogP contribution is -2.00. The van der Waals surface area contributed by atoms with Crippen molar-refractivity contribution in [3.05, 3.63) is 58.9 Å². The molecular formula is C16H14ClN3. The molecule has 0 aliphatic heterocycles. The summed E-state index contributed by atoms with van der Waals surface area (Å²) in [4.78, 5) is 8.56. The zero-order chi connectivity index (χ0) is 14.1. The summed E-state index contributed by atoms with van der Waals surface area (Å²) in [5.74, 6) is 0.734. The quantitative estimate of drug-likeness (QED) is 0.696. The molecule has 0 saturated heterocycles. The zero-order valence-corrected chi connectivity index (χ0v) is 12.1. The lowest BCUT2D eigenvalue weighted by molar-refractivity contribution is 1.21. The Morgan fingerprint density at radius 2 is 1.60 bits per heavy atom. The molecule has 0 radical (unpaired) electrons. The molecule has 0 spiro atoms. The molecule has 0 saturated carbocycles. The monoisotopic (exact) mass is 283 g/mol. The third kappa shape index (κ3) is 2.32. The molecular weight excluding hydrogens is 270 g/mol. The van der Waals surface area contributed by atoms with Crippen molar-refractivity contribution in [1.82, 2.24) is 9.97 Å². The average Bonchev–Trinajstić information content (AvgIpc) is 2.42. The first kappa shape index (κ1) is 12.9. The van der Waals surface area contributed by atoms with E-state index >= 15 is 0 Å². The van der Waals surface area contributed by atoms with Crippen LogP contribution in [0, 0.1) is 13.8 Å². The molecule has 4 heteroatoms. The number of hydrogen-bond acceptors (Lipinski definition) is 3. The maximum atomic E-state index is 6.01.